The van der Waals surface area contributed by atoms with Crippen molar-refractivity contribution in [3.8, 4) is 0 Å². The fourth-order valence-corrected chi connectivity index (χ4v) is 3.18. The number of rotatable bonds is 6. The van der Waals surface area contributed by atoms with Gasteiger partial charge in [-0.25, -0.2) is 0 Å². The van der Waals surface area contributed by atoms with E-state index in [4.69, 9.17) is 0 Å². The molecular weight excluding hydrogens is 206 g/mol. The summed E-state index contributed by atoms with van der Waals surface area (Å²) in [7, 11) is 0. The molecule has 1 heteroatoms. The SMILES string of the molecule is CCCn1cc(CCC2CCCC2)cc1CC. The summed E-state index contributed by atoms with van der Waals surface area (Å²) in [6.45, 7) is 5.71. The predicted molar refractivity (Wildman–Crippen MR) is 74.4 cm³/mol. The first-order valence-corrected chi connectivity index (χ1v) is 7.51. The fraction of sp³-hybridized carbons (Fsp3) is 0.750. The molecule has 0 spiro atoms. The van der Waals surface area contributed by atoms with Crippen LogP contribution in [0.1, 0.15) is 63.6 Å². The fourth-order valence-electron chi connectivity index (χ4n) is 3.18. The van der Waals surface area contributed by atoms with Crippen LogP contribution in [0.3, 0.4) is 0 Å². The molecule has 2 rings (SSSR count). The highest BCUT2D eigenvalue weighted by Crippen LogP contribution is 2.29. The van der Waals surface area contributed by atoms with Crippen molar-refractivity contribution < 1.29 is 0 Å². The molecule has 0 amide bonds. The summed E-state index contributed by atoms with van der Waals surface area (Å²) in [4.78, 5) is 0. The van der Waals surface area contributed by atoms with Crippen LogP contribution >= 0.6 is 0 Å². The molecule has 1 aromatic rings. The molecular formula is C16H27N. The van der Waals surface area contributed by atoms with Crippen LogP contribution in [0.15, 0.2) is 12.3 Å². The quantitative estimate of drug-likeness (QED) is 0.677. The van der Waals surface area contributed by atoms with Gasteiger partial charge in [-0.2, -0.15) is 0 Å². The van der Waals surface area contributed by atoms with Crippen LogP contribution in [0.5, 0.6) is 0 Å². The van der Waals surface area contributed by atoms with Gasteiger partial charge in [-0.15, -0.1) is 0 Å². The minimum atomic E-state index is 1.02. The van der Waals surface area contributed by atoms with Crippen molar-refractivity contribution >= 4 is 0 Å². The maximum absolute atomic E-state index is 2.46. The summed E-state index contributed by atoms with van der Waals surface area (Å²) < 4.78 is 2.46. The normalized spacial score (nSPS) is 16.8. The van der Waals surface area contributed by atoms with Crippen LogP contribution in [-0.2, 0) is 19.4 Å². The first-order chi connectivity index (χ1) is 8.33. The number of aryl methyl sites for hydroxylation is 3. The molecule has 0 unspecified atom stereocenters. The average molecular weight is 233 g/mol. The van der Waals surface area contributed by atoms with Crippen LogP contribution in [0.2, 0.25) is 0 Å². The molecule has 1 nitrogen and oxygen atoms in total. The highest BCUT2D eigenvalue weighted by atomic mass is 15.0. The second-order valence-electron chi connectivity index (χ2n) is 5.58. The summed E-state index contributed by atoms with van der Waals surface area (Å²) in [5.74, 6) is 1.02. The molecule has 1 heterocycles. The van der Waals surface area contributed by atoms with Crippen LogP contribution in [0.25, 0.3) is 0 Å². The van der Waals surface area contributed by atoms with Gasteiger partial charge in [0.1, 0.15) is 0 Å². The van der Waals surface area contributed by atoms with Gasteiger partial charge in [0, 0.05) is 18.4 Å². The first kappa shape index (κ1) is 12.7. The van der Waals surface area contributed by atoms with E-state index in [1.165, 1.54) is 63.6 Å². The Balaban J connectivity index is 1.90. The lowest BCUT2D eigenvalue weighted by molar-refractivity contribution is 0.503. The second kappa shape index (κ2) is 6.28. The molecule has 1 saturated carbocycles. The van der Waals surface area contributed by atoms with Crippen LogP contribution in [0, 0.1) is 5.92 Å². The topological polar surface area (TPSA) is 4.93 Å². The average Bonchev–Trinajstić information content (AvgIpc) is 2.95. The third-order valence-electron chi connectivity index (χ3n) is 4.19. The Hall–Kier alpha value is -0.720. The summed E-state index contributed by atoms with van der Waals surface area (Å²) in [6.07, 6.45) is 13.4. The van der Waals surface area contributed by atoms with Crippen molar-refractivity contribution in [3.63, 3.8) is 0 Å². The largest absolute Gasteiger partial charge is 0.351 e. The maximum Gasteiger partial charge on any atom is 0.0219 e. The Bertz CT molecular complexity index is 331. The second-order valence-corrected chi connectivity index (χ2v) is 5.58. The Kier molecular flexibility index (Phi) is 4.70. The lowest BCUT2D eigenvalue weighted by Gasteiger charge is -2.06. The minimum Gasteiger partial charge on any atom is -0.351 e. The molecule has 1 aliphatic carbocycles. The minimum absolute atomic E-state index is 1.02. The van der Waals surface area contributed by atoms with Crippen molar-refractivity contribution in [1.82, 2.24) is 4.57 Å². The molecule has 1 aliphatic rings. The maximum atomic E-state index is 2.46. The monoisotopic (exact) mass is 233 g/mol. The van der Waals surface area contributed by atoms with Crippen LogP contribution < -0.4 is 0 Å². The van der Waals surface area contributed by atoms with Crippen molar-refractivity contribution in [1.29, 1.82) is 0 Å². The molecule has 0 aliphatic heterocycles. The summed E-state index contributed by atoms with van der Waals surface area (Å²) in [6, 6.07) is 2.44. The number of hydrogen-bond donors (Lipinski definition) is 0. The molecule has 17 heavy (non-hydrogen) atoms. The Morgan fingerprint density at radius 2 is 2.00 bits per heavy atom. The van der Waals surface area contributed by atoms with E-state index in [9.17, 15) is 0 Å². The van der Waals surface area contributed by atoms with Crippen molar-refractivity contribution in [2.45, 2.75) is 71.8 Å². The third kappa shape index (κ3) is 3.37. The van der Waals surface area contributed by atoms with E-state index >= 15 is 0 Å². The van der Waals surface area contributed by atoms with Gasteiger partial charge < -0.3 is 4.57 Å². The van der Waals surface area contributed by atoms with E-state index in [0.29, 0.717) is 0 Å². The standard InChI is InChI=1S/C16H27N/c1-3-11-17-13-15(12-16(17)4-2)10-9-14-7-5-6-8-14/h12-14H,3-11H2,1-2H3. The first-order valence-electron chi connectivity index (χ1n) is 7.51. The molecule has 1 fully saturated rings. The summed E-state index contributed by atoms with van der Waals surface area (Å²) in [5, 5.41) is 0. The van der Waals surface area contributed by atoms with Gasteiger partial charge in [0.25, 0.3) is 0 Å². The van der Waals surface area contributed by atoms with Gasteiger partial charge in [-0.05, 0) is 43.2 Å². The number of hydrogen-bond acceptors (Lipinski definition) is 0. The molecule has 0 aromatic carbocycles. The van der Waals surface area contributed by atoms with E-state index in [2.05, 4.69) is 30.7 Å². The highest BCUT2D eigenvalue weighted by Gasteiger charge is 2.15. The molecule has 0 bridgehead atoms. The molecule has 0 atom stereocenters. The van der Waals surface area contributed by atoms with Gasteiger partial charge in [0.2, 0.25) is 0 Å². The summed E-state index contributed by atoms with van der Waals surface area (Å²) in [5.41, 5.74) is 3.09. The molecule has 0 saturated heterocycles. The van der Waals surface area contributed by atoms with Crippen LogP contribution in [-0.4, -0.2) is 4.57 Å². The third-order valence-corrected chi connectivity index (χ3v) is 4.19. The lowest BCUT2D eigenvalue weighted by atomic mass is 9.99. The van der Waals surface area contributed by atoms with Gasteiger partial charge in [0.05, 0.1) is 0 Å². The van der Waals surface area contributed by atoms with Crippen molar-refractivity contribution in [3.05, 3.63) is 23.5 Å². The van der Waals surface area contributed by atoms with E-state index in [1.54, 1.807) is 5.56 Å². The Morgan fingerprint density at radius 3 is 2.65 bits per heavy atom. The molecule has 0 N–H and O–H groups in total. The van der Waals surface area contributed by atoms with Gasteiger partial charge in [0.15, 0.2) is 0 Å². The van der Waals surface area contributed by atoms with Gasteiger partial charge in [-0.1, -0.05) is 39.5 Å². The zero-order valence-electron chi connectivity index (χ0n) is 11.5. The predicted octanol–water partition coefficient (Wildman–Crippen LogP) is 4.58. The number of aromatic nitrogens is 1. The van der Waals surface area contributed by atoms with Gasteiger partial charge >= 0.3 is 0 Å². The van der Waals surface area contributed by atoms with E-state index in [1.807, 2.05) is 0 Å². The molecule has 96 valence electrons. The van der Waals surface area contributed by atoms with Crippen LogP contribution in [0.4, 0.5) is 0 Å². The van der Waals surface area contributed by atoms with Crippen molar-refractivity contribution in [2.75, 3.05) is 0 Å². The molecule has 0 radical (unpaired) electrons. The lowest BCUT2D eigenvalue weighted by Crippen LogP contribution is -1.99. The molecule has 1 aromatic heterocycles. The van der Waals surface area contributed by atoms with Gasteiger partial charge in [-0.3, -0.25) is 0 Å². The van der Waals surface area contributed by atoms with E-state index in [0.717, 1.165) is 5.92 Å². The smallest absolute Gasteiger partial charge is 0.0219 e. The Labute approximate surface area is 106 Å². The highest BCUT2D eigenvalue weighted by molar-refractivity contribution is 5.19. The van der Waals surface area contributed by atoms with E-state index < -0.39 is 0 Å². The number of nitrogens with zero attached hydrogens (tertiary/aromatic N) is 1. The summed E-state index contributed by atoms with van der Waals surface area (Å²) >= 11 is 0. The zero-order valence-corrected chi connectivity index (χ0v) is 11.5. The van der Waals surface area contributed by atoms with Crippen molar-refractivity contribution in [2.24, 2.45) is 5.92 Å². The zero-order chi connectivity index (χ0) is 12.1. The Morgan fingerprint density at radius 1 is 1.24 bits per heavy atom. The van der Waals surface area contributed by atoms with E-state index in [-0.39, 0.29) is 0 Å².